The summed E-state index contributed by atoms with van der Waals surface area (Å²) in [5, 5.41) is 15.5. The number of H-pyrrole nitrogens is 1. The van der Waals surface area contributed by atoms with Gasteiger partial charge in [-0.2, -0.15) is 0 Å². The summed E-state index contributed by atoms with van der Waals surface area (Å²) >= 11 is 6.36. The van der Waals surface area contributed by atoms with Crippen LogP contribution in [0.4, 0.5) is 5.69 Å². The van der Waals surface area contributed by atoms with E-state index in [1.807, 2.05) is 18.2 Å². The van der Waals surface area contributed by atoms with Gasteiger partial charge < -0.3 is 25.0 Å². The quantitative estimate of drug-likeness (QED) is 0.287. The molecular formula is C31H36ClN3O2. The van der Waals surface area contributed by atoms with E-state index >= 15 is 0 Å². The number of ether oxygens (including phenoxy) is 1. The molecule has 2 unspecified atom stereocenters. The number of benzene rings is 2. The maximum absolute atomic E-state index is 9.86. The summed E-state index contributed by atoms with van der Waals surface area (Å²) in [6.07, 6.45) is 15.2. The molecule has 0 amide bonds. The number of aromatic nitrogens is 1. The third kappa shape index (κ3) is 5.31. The average Bonchev–Trinajstić information content (AvgIpc) is 3.57. The van der Waals surface area contributed by atoms with Gasteiger partial charge >= 0.3 is 0 Å². The van der Waals surface area contributed by atoms with E-state index in [0.29, 0.717) is 0 Å². The summed E-state index contributed by atoms with van der Waals surface area (Å²) in [6.45, 7) is 2.72. The highest BCUT2D eigenvalue weighted by Crippen LogP contribution is 2.42. The van der Waals surface area contributed by atoms with Gasteiger partial charge in [0.1, 0.15) is 5.75 Å². The number of halogens is 1. The topological polar surface area (TPSA) is 60.5 Å². The minimum atomic E-state index is 0.0623. The van der Waals surface area contributed by atoms with E-state index in [1.54, 1.807) is 12.1 Å². The Bertz CT molecular complexity index is 1290. The van der Waals surface area contributed by atoms with E-state index < -0.39 is 0 Å². The highest BCUT2D eigenvalue weighted by molar-refractivity contribution is 6.31. The number of aromatic amines is 1. The minimum Gasteiger partial charge on any atom is -0.508 e. The van der Waals surface area contributed by atoms with Gasteiger partial charge in [-0.15, -0.1) is 0 Å². The maximum atomic E-state index is 9.86. The second kappa shape index (κ2) is 10.9. The Morgan fingerprint density at radius 2 is 1.95 bits per heavy atom. The Labute approximate surface area is 224 Å². The van der Waals surface area contributed by atoms with Gasteiger partial charge in [-0.1, -0.05) is 42.7 Å². The number of hydrogen-bond donors (Lipinski definition) is 3. The molecule has 1 saturated carbocycles. The molecule has 6 rings (SSSR count). The Hall–Kier alpha value is -2.73. The summed E-state index contributed by atoms with van der Waals surface area (Å²) in [5.41, 5.74) is 6.08. The van der Waals surface area contributed by atoms with Crippen LogP contribution in [-0.2, 0) is 11.2 Å². The Morgan fingerprint density at radius 1 is 1.11 bits per heavy atom. The summed E-state index contributed by atoms with van der Waals surface area (Å²) in [4.78, 5) is 6.16. The summed E-state index contributed by atoms with van der Waals surface area (Å²) in [5.74, 6) is 0.286. The predicted octanol–water partition coefficient (Wildman–Crippen LogP) is 6.82. The molecule has 2 aromatic carbocycles. The smallest absolute Gasteiger partial charge is 0.115 e. The van der Waals surface area contributed by atoms with Crippen LogP contribution in [0.25, 0.3) is 10.9 Å². The maximum Gasteiger partial charge on any atom is 0.115 e. The zero-order valence-electron chi connectivity index (χ0n) is 21.3. The van der Waals surface area contributed by atoms with Crippen molar-refractivity contribution in [1.82, 2.24) is 10.3 Å². The van der Waals surface area contributed by atoms with Crippen molar-refractivity contribution in [3.63, 3.8) is 0 Å². The molecule has 6 heteroatoms. The van der Waals surface area contributed by atoms with E-state index in [9.17, 15) is 5.11 Å². The largest absolute Gasteiger partial charge is 0.508 e. The van der Waals surface area contributed by atoms with E-state index in [2.05, 4.69) is 45.6 Å². The minimum absolute atomic E-state index is 0.0623. The number of aromatic hydroxyl groups is 1. The van der Waals surface area contributed by atoms with Crippen LogP contribution >= 0.6 is 11.6 Å². The van der Waals surface area contributed by atoms with Crippen molar-refractivity contribution in [2.45, 2.75) is 63.1 Å². The molecule has 1 aromatic heterocycles. The standard InChI is InChI=1S/C31H36ClN3O2/c32-22-8-15-29-28(20-22)27-16-18-35(24-9-11-25(36)12-10-24)31(30(27)34-29)21-6-13-26(14-7-21)37-19-3-17-33-23-4-1-2-5-23/h6-13,15,20,23,26,31,33-34,36H,1-5,14,16-19H2. The second-order valence-electron chi connectivity index (χ2n) is 10.6. The highest BCUT2D eigenvalue weighted by atomic mass is 35.5. The molecule has 0 bridgehead atoms. The lowest BCUT2D eigenvalue weighted by molar-refractivity contribution is 0.0838. The fraction of sp³-hybridized carbons (Fsp3) is 0.419. The van der Waals surface area contributed by atoms with E-state index in [-0.39, 0.29) is 17.9 Å². The van der Waals surface area contributed by atoms with Crippen molar-refractivity contribution in [2.75, 3.05) is 24.6 Å². The van der Waals surface area contributed by atoms with Crippen LogP contribution in [0.5, 0.6) is 5.75 Å². The molecule has 194 valence electrons. The molecule has 0 saturated heterocycles. The Balaban J connectivity index is 1.19. The van der Waals surface area contributed by atoms with Crippen molar-refractivity contribution in [3.8, 4) is 5.75 Å². The SMILES string of the molecule is Oc1ccc(N2CCc3c([nH]c4ccc(Cl)cc34)C2C2=CCC(OCCCNC3CCCC3)C=C2)cc1. The number of nitrogens with zero attached hydrogens (tertiary/aromatic N) is 1. The lowest BCUT2D eigenvalue weighted by Crippen LogP contribution is -2.36. The monoisotopic (exact) mass is 517 g/mol. The van der Waals surface area contributed by atoms with E-state index in [0.717, 1.165) is 61.2 Å². The summed E-state index contributed by atoms with van der Waals surface area (Å²) in [7, 11) is 0. The van der Waals surface area contributed by atoms with Crippen molar-refractivity contribution >= 4 is 28.2 Å². The van der Waals surface area contributed by atoms with Crippen LogP contribution in [0.15, 0.2) is 66.3 Å². The molecule has 1 fully saturated rings. The van der Waals surface area contributed by atoms with Crippen LogP contribution in [0.2, 0.25) is 5.02 Å². The number of rotatable bonds is 8. The summed E-state index contributed by atoms with van der Waals surface area (Å²) in [6, 6.07) is 14.4. The van der Waals surface area contributed by atoms with Gasteiger partial charge in [0.2, 0.25) is 0 Å². The van der Waals surface area contributed by atoms with Crippen molar-refractivity contribution < 1.29 is 9.84 Å². The first-order chi connectivity index (χ1) is 18.2. The molecule has 3 aromatic rings. The van der Waals surface area contributed by atoms with E-state index in [1.165, 1.54) is 47.9 Å². The van der Waals surface area contributed by atoms with Gasteiger partial charge in [-0.05, 0) is 92.2 Å². The number of anilines is 1. The molecule has 2 heterocycles. The fourth-order valence-corrected chi connectivity index (χ4v) is 6.39. The first-order valence-corrected chi connectivity index (χ1v) is 14.1. The van der Waals surface area contributed by atoms with Crippen molar-refractivity contribution in [2.24, 2.45) is 0 Å². The summed E-state index contributed by atoms with van der Waals surface area (Å²) < 4.78 is 6.20. The van der Waals surface area contributed by atoms with Crippen LogP contribution in [0.3, 0.4) is 0 Å². The zero-order chi connectivity index (χ0) is 25.2. The second-order valence-corrected chi connectivity index (χ2v) is 11.0. The molecule has 1 aliphatic heterocycles. The first kappa shape index (κ1) is 24.6. The molecule has 5 nitrogen and oxygen atoms in total. The molecular weight excluding hydrogens is 482 g/mol. The van der Waals surface area contributed by atoms with Gasteiger partial charge in [0.15, 0.2) is 0 Å². The fourth-order valence-electron chi connectivity index (χ4n) is 6.22. The number of hydrogen-bond acceptors (Lipinski definition) is 4. The predicted molar refractivity (Wildman–Crippen MR) is 152 cm³/mol. The number of fused-ring (bicyclic) bond motifs is 3. The first-order valence-electron chi connectivity index (χ1n) is 13.7. The molecule has 2 atom stereocenters. The normalized spacial score (nSPS) is 22.0. The number of nitrogens with one attached hydrogen (secondary N) is 2. The van der Waals surface area contributed by atoms with Gasteiger partial charge in [0.05, 0.1) is 12.1 Å². The Kier molecular flexibility index (Phi) is 7.27. The van der Waals surface area contributed by atoms with Gasteiger partial charge in [0.25, 0.3) is 0 Å². The van der Waals surface area contributed by atoms with Crippen LogP contribution in [0, 0.1) is 0 Å². The average molecular weight is 518 g/mol. The van der Waals surface area contributed by atoms with E-state index in [4.69, 9.17) is 16.3 Å². The molecule has 3 N–H and O–H groups in total. The zero-order valence-corrected chi connectivity index (χ0v) is 22.0. The highest BCUT2D eigenvalue weighted by Gasteiger charge is 2.33. The molecule has 3 aliphatic rings. The molecule has 2 aliphatic carbocycles. The molecule has 0 spiro atoms. The van der Waals surface area contributed by atoms with Crippen LogP contribution < -0.4 is 10.2 Å². The number of phenolic OH excluding ortho intramolecular Hbond substituents is 1. The Morgan fingerprint density at radius 3 is 2.73 bits per heavy atom. The van der Waals surface area contributed by atoms with Crippen molar-refractivity contribution in [1.29, 1.82) is 0 Å². The lowest BCUT2D eigenvalue weighted by atomic mass is 9.89. The third-order valence-corrected chi connectivity index (χ3v) is 8.35. The van der Waals surface area contributed by atoms with Crippen LogP contribution in [-0.4, -0.2) is 41.9 Å². The van der Waals surface area contributed by atoms with Gasteiger partial charge in [0, 0.05) is 46.5 Å². The lowest BCUT2D eigenvalue weighted by Gasteiger charge is -2.39. The van der Waals surface area contributed by atoms with Gasteiger partial charge in [-0.3, -0.25) is 0 Å². The van der Waals surface area contributed by atoms with Crippen LogP contribution in [0.1, 0.15) is 55.8 Å². The number of phenols is 1. The molecule has 37 heavy (non-hydrogen) atoms. The van der Waals surface area contributed by atoms with Crippen molar-refractivity contribution in [3.05, 3.63) is 82.5 Å². The molecule has 0 radical (unpaired) electrons. The third-order valence-electron chi connectivity index (χ3n) is 8.12. The van der Waals surface area contributed by atoms with Gasteiger partial charge in [-0.25, -0.2) is 0 Å².